The summed E-state index contributed by atoms with van der Waals surface area (Å²) in [6, 6.07) is 6.97. The molecule has 4 aromatic rings. The Hall–Kier alpha value is -3.30. The average molecular weight is 484 g/mol. The molecule has 1 aliphatic rings. The van der Waals surface area contributed by atoms with E-state index in [0.29, 0.717) is 40.4 Å². The van der Waals surface area contributed by atoms with Crippen molar-refractivity contribution in [3.63, 3.8) is 0 Å². The van der Waals surface area contributed by atoms with Gasteiger partial charge in [-0.25, -0.2) is 19.0 Å². The Kier molecular flexibility index (Phi) is 7.23. The lowest BCUT2D eigenvalue weighted by Crippen LogP contribution is -2.30. The summed E-state index contributed by atoms with van der Waals surface area (Å²) in [5, 5.41) is 8.14. The topological polar surface area (TPSA) is 115 Å². The summed E-state index contributed by atoms with van der Waals surface area (Å²) < 4.78 is 13.9. The molecule has 10 heteroatoms. The molecule has 5 rings (SSSR count). The molecule has 1 aromatic carbocycles. The summed E-state index contributed by atoms with van der Waals surface area (Å²) in [5.74, 6) is 1.27. The summed E-state index contributed by atoms with van der Waals surface area (Å²) in [7, 11) is 0. The first-order valence-electron chi connectivity index (χ1n) is 11.1. The van der Waals surface area contributed by atoms with Crippen molar-refractivity contribution in [2.75, 3.05) is 18.8 Å². The van der Waals surface area contributed by atoms with Crippen LogP contribution in [0.3, 0.4) is 0 Å². The van der Waals surface area contributed by atoms with Crippen molar-refractivity contribution >= 4 is 28.2 Å². The maximum atomic E-state index is 12.3. The number of pyridine rings is 1. The first kappa shape index (κ1) is 23.8. The van der Waals surface area contributed by atoms with Gasteiger partial charge in [-0.15, -0.1) is 0 Å². The molecule has 0 saturated carbocycles. The Morgan fingerprint density at radius 3 is 2.71 bits per heavy atom. The number of H-pyrrole nitrogens is 1. The number of benzene rings is 1. The van der Waals surface area contributed by atoms with Crippen molar-refractivity contribution in [3.8, 4) is 5.82 Å². The van der Waals surface area contributed by atoms with Gasteiger partial charge < -0.3 is 16.0 Å². The monoisotopic (exact) mass is 483 g/mol. The van der Waals surface area contributed by atoms with Crippen LogP contribution in [0.1, 0.15) is 35.5 Å². The Morgan fingerprint density at radius 2 is 2.12 bits per heavy atom. The van der Waals surface area contributed by atoms with Crippen LogP contribution in [-0.2, 0) is 6.42 Å². The Balaban J connectivity index is 0.000000336. The Labute approximate surface area is 201 Å². The largest absolute Gasteiger partial charge is 0.397 e. The quantitative estimate of drug-likeness (QED) is 0.383. The molecular formula is C24H27ClFN7O. The van der Waals surface area contributed by atoms with Crippen LogP contribution in [0, 0.1) is 13.8 Å². The van der Waals surface area contributed by atoms with E-state index >= 15 is 0 Å². The third-order valence-electron chi connectivity index (χ3n) is 5.67. The molecule has 0 spiro atoms. The van der Waals surface area contributed by atoms with E-state index in [1.165, 1.54) is 6.07 Å². The van der Waals surface area contributed by atoms with Crippen molar-refractivity contribution in [2.45, 2.75) is 39.3 Å². The van der Waals surface area contributed by atoms with E-state index in [1.807, 2.05) is 32.2 Å². The first-order valence-corrected chi connectivity index (χ1v) is 11.5. The second-order valence-electron chi connectivity index (χ2n) is 8.39. The van der Waals surface area contributed by atoms with Gasteiger partial charge in [0, 0.05) is 25.4 Å². The van der Waals surface area contributed by atoms with Crippen molar-refractivity contribution in [3.05, 3.63) is 74.7 Å². The van der Waals surface area contributed by atoms with Crippen molar-refractivity contribution in [1.82, 2.24) is 30.0 Å². The first-order chi connectivity index (χ1) is 16.3. The number of hydrogen-bond donors (Lipinski definition) is 3. The molecular weight excluding hydrogens is 457 g/mol. The number of fused-ring (bicyclic) bond motifs is 1. The van der Waals surface area contributed by atoms with Gasteiger partial charge in [-0.2, -0.15) is 5.10 Å². The summed E-state index contributed by atoms with van der Waals surface area (Å²) >= 11 is 5.98. The fourth-order valence-corrected chi connectivity index (χ4v) is 3.79. The molecule has 1 atom stereocenters. The van der Waals surface area contributed by atoms with Crippen LogP contribution in [0.2, 0.25) is 5.02 Å². The lowest BCUT2D eigenvalue weighted by atomic mass is 10.1. The molecule has 4 N–H and O–H groups in total. The highest BCUT2D eigenvalue weighted by Gasteiger charge is 2.10. The predicted octanol–water partition coefficient (Wildman–Crippen LogP) is 3.65. The number of nitrogen functional groups attached to an aromatic ring is 1. The minimum absolute atomic E-state index is 0.246. The molecule has 1 unspecified atom stereocenters. The van der Waals surface area contributed by atoms with Gasteiger partial charge in [-0.05, 0) is 62.6 Å². The van der Waals surface area contributed by atoms with Crippen LogP contribution in [0.25, 0.3) is 16.7 Å². The summed E-state index contributed by atoms with van der Waals surface area (Å²) in [5.41, 5.74) is 9.48. The van der Waals surface area contributed by atoms with E-state index in [-0.39, 0.29) is 5.56 Å². The number of rotatable bonds is 3. The molecule has 178 valence electrons. The van der Waals surface area contributed by atoms with Crippen molar-refractivity contribution in [2.24, 2.45) is 0 Å². The van der Waals surface area contributed by atoms with Crippen molar-refractivity contribution < 1.29 is 4.39 Å². The van der Waals surface area contributed by atoms with Crippen LogP contribution < -0.4 is 16.6 Å². The number of piperidine rings is 1. The minimum atomic E-state index is -0.575. The molecule has 0 bridgehead atoms. The molecule has 0 radical (unpaired) electrons. The highest BCUT2D eigenvalue weighted by molar-refractivity contribution is 6.33. The number of halogens is 2. The molecule has 8 nitrogen and oxygen atoms in total. The van der Waals surface area contributed by atoms with E-state index in [0.717, 1.165) is 42.0 Å². The molecule has 4 heterocycles. The van der Waals surface area contributed by atoms with Gasteiger partial charge in [0.25, 0.3) is 5.56 Å². The van der Waals surface area contributed by atoms with Crippen LogP contribution >= 0.6 is 11.6 Å². The number of alkyl halides is 1. The maximum absolute atomic E-state index is 12.3. The zero-order chi connectivity index (χ0) is 24.2. The molecule has 1 saturated heterocycles. The molecule has 34 heavy (non-hydrogen) atoms. The van der Waals surface area contributed by atoms with E-state index in [4.69, 9.17) is 17.3 Å². The number of hydrogen-bond acceptors (Lipinski definition) is 6. The number of anilines is 1. The van der Waals surface area contributed by atoms with Gasteiger partial charge in [-0.3, -0.25) is 4.79 Å². The molecule has 3 aromatic heterocycles. The van der Waals surface area contributed by atoms with Crippen LogP contribution in [0.5, 0.6) is 0 Å². The molecule has 1 aliphatic heterocycles. The third kappa shape index (κ3) is 5.60. The molecule has 1 fully saturated rings. The van der Waals surface area contributed by atoms with Gasteiger partial charge in [0.05, 0.1) is 27.3 Å². The second-order valence-corrected chi connectivity index (χ2v) is 8.80. The average Bonchev–Trinajstić information content (AvgIpc) is 3.15. The Morgan fingerprint density at radius 1 is 1.29 bits per heavy atom. The highest BCUT2D eigenvalue weighted by atomic mass is 35.5. The van der Waals surface area contributed by atoms with Gasteiger partial charge in [-0.1, -0.05) is 17.7 Å². The predicted molar refractivity (Wildman–Crippen MR) is 132 cm³/mol. The Bertz CT molecular complexity index is 1320. The summed E-state index contributed by atoms with van der Waals surface area (Å²) in [6.07, 6.45) is 5.32. The fourth-order valence-electron chi connectivity index (χ4n) is 3.63. The number of aryl methyl sites for hydroxylation is 2. The van der Waals surface area contributed by atoms with Crippen LogP contribution in [-0.4, -0.2) is 44.0 Å². The van der Waals surface area contributed by atoms with Crippen molar-refractivity contribution in [1.29, 1.82) is 0 Å². The second kappa shape index (κ2) is 10.3. The zero-order valence-electron chi connectivity index (χ0n) is 19.1. The van der Waals surface area contributed by atoms with Gasteiger partial charge >= 0.3 is 0 Å². The SMILES string of the molecule is Cc1cn(-c2ccc(Cc3nc4cc(N)c(Cl)cc4c(=O)[nH]3)cn2)nc1C.FC1CCCNC1. The van der Waals surface area contributed by atoms with E-state index in [9.17, 15) is 9.18 Å². The van der Waals surface area contributed by atoms with E-state index in [2.05, 4.69) is 25.4 Å². The summed E-state index contributed by atoms with van der Waals surface area (Å²) in [4.78, 5) is 24.0. The number of aromatic nitrogens is 5. The van der Waals surface area contributed by atoms with Crippen LogP contribution in [0.15, 0.2) is 41.5 Å². The lowest BCUT2D eigenvalue weighted by molar-refractivity contribution is 0.266. The highest BCUT2D eigenvalue weighted by Crippen LogP contribution is 2.23. The standard InChI is InChI=1S/C19H17ClN6O.C5H10FN/c1-10-9-26(25-11(10)2)18-4-3-12(8-22-18)5-17-23-16-7-15(21)14(20)6-13(16)19(27)24-17;6-5-2-1-3-7-4-5/h3-4,6-9H,5,21H2,1-2H3,(H,23,24,27);5,7H,1-4H2. The normalized spacial score (nSPS) is 15.7. The van der Waals surface area contributed by atoms with E-state index in [1.54, 1.807) is 16.9 Å². The summed E-state index contributed by atoms with van der Waals surface area (Å²) in [6.45, 7) is 5.54. The van der Waals surface area contributed by atoms with Crippen LogP contribution in [0.4, 0.5) is 10.1 Å². The number of nitrogens with two attached hydrogens (primary N) is 1. The smallest absolute Gasteiger partial charge is 0.258 e. The van der Waals surface area contributed by atoms with Gasteiger partial charge in [0.15, 0.2) is 5.82 Å². The molecule has 0 amide bonds. The minimum Gasteiger partial charge on any atom is -0.397 e. The van der Waals surface area contributed by atoms with E-state index < -0.39 is 6.17 Å². The zero-order valence-corrected chi connectivity index (χ0v) is 19.9. The fraction of sp³-hybridized carbons (Fsp3) is 0.333. The van der Waals surface area contributed by atoms with Gasteiger partial charge in [0.1, 0.15) is 12.0 Å². The third-order valence-corrected chi connectivity index (χ3v) is 6.00. The lowest BCUT2D eigenvalue weighted by Gasteiger charge is -2.14. The molecule has 0 aliphatic carbocycles. The number of aromatic amines is 1. The van der Waals surface area contributed by atoms with Gasteiger partial charge in [0.2, 0.25) is 0 Å². The number of nitrogens with zero attached hydrogens (tertiary/aromatic N) is 4. The maximum Gasteiger partial charge on any atom is 0.258 e. The number of nitrogens with one attached hydrogen (secondary N) is 2.